The van der Waals surface area contributed by atoms with Crippen molar-refractivity contribution in [3.05, 3.63) is 65.2 Å². The zero-order valence-electron chi connectivity index (χ0n) is 11.1. The fraction of sp³-hybridized carbons (Fsp3) is 0.294. The van der Waals surface area contributed by atoms with Crippen molar-refractivity contribution in [2.75, 3.05) is 6.61 Å². The molecule has 0 radical (unpaired) electrons. The highest BCUT2D eigenvalue weighted by atomic mass is 16.5. The van der Waals surface area contributed by atoms with Gasteiger partial charge in [0.1, 0.15) is 5.75 Å². The maximum absolute atomic E-state index is 10.8. The van der Waals surface area contributed by atoms with E-state index in [9.17, 15) is 5.11 Å². The van der Waals surface area contributed by atoms with Crippen molar-refractivity contribution in [2.45, 2.75) is 25.4 Å². The topological polar surface area (TPSA) is 29.5 Å². The summed E-state index contributed by atoms with van der Waals surface area (Å²) in [4.78, 5) is 0. The second kappa shape index (κ2) is 4.71. The Morgan fingerprint density at radius 1 is 1.11 bits per heavy atom. The van der Waals surface area contributed by atoms with Gasteiger partial charge in [0.25, 0.3) is 0 Å². The quantitative estimate of drug-likeness (QED) is 0.912. The lowest BCUT2D eigenvalue weighted by atomic mass is 9.87. The number of fused-ring (bicyclic) bond motifs is 1. The van der Waals surface area contributed by atoms with Crippen LogP contribution in [0.1, 0.15) is 23.6 Å². The summed E-state index contributed by atoms with van der Waals surface area (Å²) in [6.45, 7) is 2.57. The number of benzene rings is 2. The molecule has 2 aromatic carbocycles. The Morgan fingerprint density at radius 3 is 2.68 bits per heavy atom. The van der Waals surface area contributed by atoms with Gasteiger partial charge in [-0.1, -0.05) is 48.5 Å². The van der Waals surface area contributed by atoms with Crippen LogP contribution in [-0.4, -0.2) is 11.7 Å². The molecule has 19 heavy (non-hydrogen) atoms. The van der Waals surface area contributed by atoms with Crippen LogP contribution in [0.25, 0.3) is 0 Å². The molecule has 0 spiro atoms. The molecular weight excluding hydrogens is 236 g/mol. The Hall–Kier alpha value is -1.80. The molecule has 98 valence electrons. The molecule has 2 heteroatoms. The van der Waals surface area contributed by atoms with E-state index in [2.05, 4.69) is 6.07 Å². The van der Waals surface area contributed by atoms with Crippen molar-refractivity contribution in [1.29, 1.82) is 0 Å². The lowest BCUT2D eigenvalue weighted by molar-refractivity contribution is 0.0549. The fourth-order valence-corrected chi connectivity index (χ4v) is 2.73. The molecule has 1 N–H and O–H groups in total. The van der Waals surface area contributed by atoms with Crippen LogP contribution in [-0.2, 0) is 18.4 Å². The lowest BCUT2D eigenvalue weighted by Crippen LogP contribution is -2.25. The normalized spacial score (nSPS) is 16.5. The summed E-state index contributed by atoms with van der Waals surface area (Å²) < 4.78 is 5.69. The van der Waals surface area contributed by atoms with Gasteiger partial charge < -0.3 is 9.84 Å². The average Bonchev–Trinajstić information content (AvgIpc) is 2.87. The van der Waals surface area contributed by atoms with Gasteiger partial charge in [0.2, 0.25) is 0 Å². The summed E-state index contributed by atoms with van der Waals surface area (Å²) in [5.74, 6) is 0.878. The first-order valence-corrected chi connectivity index (χ1v) is 6.68. The molecular formula is C17H18O2. The van der Waals surface area contributed by atoms with E-state index in [-0.39, 0.29) is 0 Å². The van der Waals surface area contributed by atoms with Crippen molar-refractivity contribution in [3.8, 4) is 5.75 Å². The van der Waals surface area contributed by atoms with E-state index >= 15 is 0 Å². The molecule has 0 amide bonds. The van der Waals surface area contributed by atoms with E-state index < -0.39 is 5.60 Å². The van der Waals surface area contributed by atoms with Crippen LogP contribution >= 0.6 is 0 Å². The minimum absolute atomic E-state index is 0.591. The third-order valence-electron chi connectivity index (χ3n) is 3.69. The maximum atomic E-state index is 10.8. The molecule has 1 aliphatic heterocycles. The van der Waals surface area contributed by atoms with Crippen LogP contribution in [0.4, 0.5) is 0 Å². The standard InChI is InChI=1S/C17H18O2/c1-17(18,12-13-6-3-2-4-7-13)15-9-5-8-14-10-11-19-16(14)15/h2-9,18H,10-12H2,1H3. The predicted molar refractivity (Wildman–Crippen MR) is 75.4 cm³/mol. The number of hydrogen-bond acceptors (Lipinski definition) is 2. The smallest absolute Gasteiger partial charge is 0.128 e. The SMILES string of the molecule is CC(O)(Cc1ccccc1)c1cccc2c1OCC2. The van der Waals surface area contributed by atoms with Crippen molar-refractivity contribution in [1.82, 2.24) is 0 Å². The Kier molecular flexibility index (Phi) is 3.03. The molecule has 0 fully saturated rings. The number of rotatable bonds is 3. The van der Waals surface area contributed by atoms with Crippen LogP contribution < -0.4 is 4.74 Å². The summed E-state index contributed by atoms with van der Waals surface area (Å²) >= 11 is 0. The molecule has 3 rings (SSSR count). The first kappa shape index (κ1) is 12.2. The summed E-state index contributed by atoms with van der Waals surface area (Å²) in [6, 6.07) is 16.1. The largest absolute Gasteiger partial charge is 0.493 e. The predicted octanol–water partition coefficient (Wildman–Crippen LogP) is 3.07. The summed E-state index contributed by atoms with van der Waals surface area (Å²) in [6.07, 6.45) is 1.53. The van der Waals surface area contributed by atoms with E-state index in [1.165, 1.54) is 5.56 Å². The van der Waals surface area contributed by atoms with E-state index in [1.54, 1.807) is 0 Å². The molecule has 0 bridgehead atoms. The molecule has 1 aliphatic rings. The average molecular weight is 254 g/mol. The molecule has 0 saturated carbocycles. The van der Waals surface area contributed by atoms with Gasteiger partial charge in [0, 0.05) is 18.4 Å². The summed E-state index contributed by atoms with van der Waals surface area (Å²) in [5.41, 5.74) is 2.32. The van der Waals surface area contributed by atoms with Gasteiger partial charge in [-0.25, -0.2) is 0 Å². The molecule has 2 aromatic rings. The first-order valence-electron chi connectivity index (χ1n) is 6.68. The van der Waals surface area contributed by atoms with Crippen LogP contribution in [0.15, 0.2) is 48.5 Å². The minimum atomic E-state index is -0.906. The second-order valence-electron chi connectivity index (χ2n) is 5.33. The van der Waals surface area contributed by atoms with E-state index in [4.69, 9.17) is 4.74 Å². The third-order valence-corrected chi connectivity index (χ3v) is 3.69. The van der Waals surface area contributed by atoms with Crippen molar-refractivity contribution >= 4 is 0 Å². The van der Waals surface area contributed by atoms with Gasteiger partial charge in [0.15, 0.2) is 0 Å². The monoisotopic (exact) mass is 254 g/mol. The van der Waals surface area contributed by atoms with Gasteiger partial charge in [-0.2, -0.15) is 0 Å². The van der Waals surface area contributed by atoms with Crippen LogP contribution in [0.2, 0.25) is 0 Å². The molecule has 0 aromatic heterocycles. The molecule has 0 aliphatic carbocycles. The molecule has 0 saturated heterocycles. The van der Waals surface area contributed by atoms with Gasteiger partial charge in [0.05, 0.1) is 12.2 Å². The van der Waals surface area contributed by atoms with Crippen LogP contribution in [0.5, 0.6) is 5.75 Å². The number of hydrogen-bond donors (Lipinski definition) is 1. The van der Waals surface area contributed by atoms with Gasteiger partial charge in [-0.15, -0.1) is 0 Å². The molecule has 1 unspecified atom stereocenters. The summed E-state index contributed by atoms with van der Waals surface area (Å²) in [7, 11) is 0. The number of para-hydroxylation sites is 1. The Bertz CT molecular complexity index is 573. The number of aliphatic hydroxyl groups is 1. The first-order chi connectivity index (χ1) is 9.17. The van der Waals surface area contributed by atoms with Crippen molar-refractivity contribution in [3.63, 3.8) is 0 Å². The minimum Gasteiger partial charge on any atom is -0.493 e. The molecule has 1 heterocycles. The molecule has 2 nitrogen and oxygen atoms in total. The highest BCUT2D eigenvalue weighted by molar-refractivity contribution is 5.47. The van der Waals surface area contributed by atoms with E-state index in [0.29, 0.717) is 13.0 Å². The zero-order valence-corrected chi connectivity index (χ0v) is 11.1. The maximum Gasteiger partial charge on any atom is 0.128 e. The fourth-order valence-electron chi connectivity index (χ4n) is 2.73. The highest BCUT2D eigenvalue weighted by Crippen LogP contribution is 2.37. The highest BCUT2D eigenvalue weighted by Gasteiger charge is 2.30. The van der Waals surface area contributed by atoms with Crippen LogP contribution in [0, 0.1) is 0 Å². The van der Waals surface area contributed by atoms with Crippen LogP contribution in [0.3, 0.4) is 0 Å². The summed E-state index contributed by atoms with van der Waals surface area (Å²) in [5, 5.41) is 10.8. The van der Waals surface area contributed by atoms with Crippen molar-refractivity contribution < 1.29 is 9.84 Å². The second-order valence-corrected chi connectivity index (χ2v) is 5.33. The van der Waals surface area contributed by atoms with Crippen molar-refractivity contribution in [2.24, 2.45) is 0 Å². The Balaban J connectivity index is 1.94. The lowest BCUT2D eigenvalue weighted by Gasteiger charge is -2.26. The Labute approximate surface area is 113 Å². The van der Waals surface area contributed by atoms with Gasteiger partial charge in [-0.05, 0) is 18.1 Å². The van der Waals surface area contributed by atoms with E-state index in [1.807, 2.05) is 49.4 Å². The number of ether oxygens (including phenoxy) is 1. The van der Waals surface area contributed by atoms with E-state index in [0.717, 1.165) is 23.3 Å². The van der Waals surface area contributed by atoms with Gasteiger partial charge in [-0.3, -0.25) is 0 Å². The third kappa shape index (κ3) is 2.36. The van der Waals surface area contributed by atoms with Gasteiger partial charge >= 0.3 is 0 Å². The molecule has 1 atom stereocenters. The zero-order chi connectivity index (χ0) is 13.3. The Morgan fingerprint density at radius 2 is 1.89 bits per heavy atom.